The third-order valence-electron chi connectivity index (χ3n) is 7.35. The highest BCUT2D eigenvalue weighted by Gasteiger charge is 2.34. The minimum atomic E-state index is -0.0179. The van der Waals surface area contributed by atoms with Gasteiger partial charge in [0, 0.05) is 13.0 Å². The summed E-state index contributed by atoms with van der Waals surface area (Å²) in [6.07, 6.45) is 22.0. The highest BCUT2D eigenvalue weighted by molar-refractivity contribution is 5.69. The van der Waals surface area contributed by atoms with Gasteiger partial charge in [-0.2, -0.15) is 0 Å². The molecule has 0 bridgehead atoms. The van der Waals surface area contributed by atoms with Crippen molar-refractivity contribution in [1.29, 1.82) is 0 Å². The summed E-state index contributed by atoms with van der Waals surface area (Å²) in [7, 11) is 0. The number of unbranched alkanes of at least 4 members (excludes halogenated alkanes) is 14. The largest absolute Gasteiger partial charge is 0.466 e. The van der Waals surface area contributed by atoms with Crippen LogP contribution in [0.2, 0.25) is 0 Å². The van der Waals surface area contributed by atoms with Gasteiger partial charge in [0.1, 0.15) is 0 Å². The van der Waals surface area contributed by atoms with E-state index in [0.29, 0.717) is 36.9 Å². The second-order valence-corrected chi connectivity index (χ2v) is 10.3. The van der Waals surface area contributed by atoms with Crippen LogP contribution in [-0.2, 0) is 14.3 Å². The minimum Gasteiger partial charge on any atom is -0.466 e. The summed E-state index contributed by atoms with van der Waals surface area (Å²) in [5.41, 5.74) is 0. The Labute approximate surface area is 194 Å². The van der Waals surface area contributed by atoms with E-state index in [9.17, 15) is 4.79 Å². The SMILES string of the molecule is CCCCCCCCCCCCCCCCCC(=O)OCCC(C)C1OCC(C)[C@@H]1C. The van der Waals surface area contributed by atoms with E-state index in [0.717, 1.165) is 25.9 Å². The maximum atomic E-state index is 11.9. The number of hydrogen-bond donors (Lipinski definition) is 0. The normalized spacial score (nSPS) is 22.0. The second kappa shape index (κ2) is 18.9. The van der Waals surface area contributed by atoms with Crippen molar-refractivity contribution in [3.8, 4) is 0 Å². The second-order valence-electron chi connectivity index (χ2n) is 10.3. The minimum absolute atomic E-state index is 0.0179. The van der Waals surface area contributed by atoms with Crippen LogP contribution in [0.3, 0.4) is 0 Å². The van der Waals surface area contributed by atoms with Crippen LogP contribution < -0.4 is 0 Å². The van der Waals surface area contributed by atoms with Crippen molar-refractivity contribution in [2.45, 2.75) is 143 Å². The van der Waals surface area contributed by atoms with Crippen molar-refractivity contribution in [2.24, 2.45) is 17.8 Å². The molecule has 1 heterocycles. The Kier molecular flexibility index (Phi) is 17.4. The summed E-state index contributed by atoms with van der Waals surface area (Å²) >= 11 is 0. The van der Waals surface area contributed by atoms with Gasteiger partial charge in [-0.3, -0.25) is 4.79 Å². The molecule has 0 N–H and O–H groups in total. The van der Waals surface area contributed by atoms with Gasteiger partial charge in [-0.25, -0.2) is 0 Å². The van der Waals surface area contributed by atoms with E-state index in [1.54, 1.807) is 0 Å². The van der Waals surface area contributed by atoms with Crippen molar-refractivity contribution in [1.82, 2.24) is 0 Å². The molecule has 1 aliphatic rings. The van der Waals surface area contributed by atoms with Gasteiger partial charge in [-0.05, 0) is 30.6 Å². The first-order valence-corrected chi connectivity index (χ1v) is 13.8. The molecule has 1 rings (SSSR count). The van der Waals surface area contributed by atoms with Gasteiger partial charge in [-0.15, -0.1) is 0 Å². The first kappa shape index (κ1) is 28.5. The summed E-state index contributed by atoms with van der Waals surface area (Å²) in [6.45, 7) is 10.5. The third-order valence-corrected chi connectivity index (χ3v) is 7.35. The van der Waals surface area contributed by atoms with Crippen LogP contribution in [0.5, 0.6) is 0 Å². The molecular weight excluding hydrogens is 384 g/mol. The molecule has 3 unspecified atom stereocenters. The lowest BCUT2D eigenvalue weighted by Gasteiger charge is -2.23. The number of carbonyl (C=O) groups excluding carboxylic acids is 1. The molecule has 0 aromatic carbocycles. The Morgan fingerprint density at radius 1 is 0.839 bits per heavy atom. The van der Waals surface area contributed by atoms with Crippen LogP contribution >= 0.6 is 0 Å². The molecule has 0 aliphatic carbocycles. The Hall–Kier alpha value is -0.570. The van der Waals surface area contributed by atoms with Gasteiger partial charge >= 0.3 is 5.97 Å². The van der Waals surface area contributed by atoms with E-state index in [-0.39, 0.29) is 5.97 Å². The fourth-order valence-electron chi connectivity index (χ4n) is 4.81. The zero-order chi connectivity index (χ0) is 22.7. The Morgan fingerprint density at radius 2 is 1.32 bits per heavy atom. The molecule has 1 saturated heterocycles. The van der Waals surface area contributed by atoms with Crippen molar-refractivity contribution in [3.63, 3.8) is 0 Å². The Balaban J connectivity index is 1.81. The topological polar surface area (TPSA) is 35.5 Å². The lowest BCUT2D eigenvalue weighted by Crippen LogP contribution is -2.25. The number of hydrogen-bond acceptors (Lipinski definition) is 3. The van der Waals surface area contributed by atoms with Gasteiger partial charge in [0.15, 0.2) is 0 Å². The summed E-state index contributed by atoms with van der Waals surface area (Å²) in [4.78, 5) is 11.9. The highest BCUT2D eigenvalue weighted by atomic mass is 16.5. The molecule has 1 fully saturated rings. The average Bonchev–Trinajstić information content (AvgIpc) is 3.09. The quantitative estimate of drug-likeness (QED) is 0.141. The highest BCUT2D eigenvalue weighted by Crippen LogP contribution is 2.32. The van der Waals surface area contributed by atoms with Crippen LogP contribution in [0.25, 0.3) is 0 Å². The average molecular weight is 439 g/mol. The fraction of sp³-hybridized carbons (Fsp3) is 0.964. The van der Waals surface area contributed by atoms with E-state index < -0.39 is 0 Å². The first-order chi connectivity index (χ1) is 15.1. The molecule has 0 spiro atoms. The molecule has 1 aliphatic heterocycles. The molecular formula is C28H54O3. The van der Waals surface area contributed by atoms with Gasteiger partial charge in [0.25, 0.3) is 0 Å². The molecule has 31 heavy (non-hydrogen) atoms. The molecule has 0 aromatic rings. The smallest absolute Gasteiger partial charge is 0.305 e. The molecule has 0 saturated carbocycles. The van der Waals surface area contributed by atoms with Gasteiger partial charge < -0.3 is 9.47 Å². The van der Waals surface area contributed by atoms with Gasteiger partial charge in [-0.1, -0.05) is 118 Å². The predicted octanol–water partition coefficient (Wildman–Crippen LogP) is 8.49. The molecule has 0 radical (unpaired) electrons. The lowest BCUT2D eigenvalue weighted by atomic mass is 9.86. The predicted molar refractivity (Wildman–Crippen MR) is 132 cm³/mol. The number of carbonyl (C=O) groups is 1. The molecule has 184 valence electrons. The van der Waals surface area contributed by atoms with Crippen LogP contribution in [0, 0.1) is 17.8 Å². The van der Waals surface area contributed by atoms with Crippen molar-refractivity contribution in [3.05, 3.63) is 0 Å². The van der Waals surface area contributed by atoms with E-state index in [1.165, 1.54) is 83.5 Å². The zero-order valence-corrected chi connectivity index (χ0v) is 21.5. The van der Waals surface area contributed by atoms with Crippen LogP contribution in [0.1, 0.15) is 137 Å². The molecule has 0 amide bonds. The van der Waals surface area contributed by atoms with Crippen LogP contribution in [0.4, 0.5) is 0 Å². The van der Waals surface area contributed by atoms with Gasteiger partial charge in [0.05, 0.1) is 12.7 Å². The molecule has 3 heteroatoms. The van der Waals surface area contributed by atoms with Crippen LogP contribution in [-0.4, -0.2) is 25.3 Å². The summed E-state index contributed by atoms with van der Waals surface area (Å²) in [5.74, 6) is 1.68. The first-order valence-electron chi connectivity index (χ1n) is 13.8. The Morgan fingerprint density at radius 3 is 1.77 bits per heavy atom. The molecule has 3 nitrogen and oxygen atoms in total. The Bertz CT molecular complexity index is 422. The maximum Gasteiger partial charge on any atom is 0.305 e. The third kappa shape index (κ3) is 14.2. The van der Waals surface area contributed by atoms with E-state index in [4.69, 9.17) is 9.47 Å². The van der Waals surface area contributed by atoms with E-state index >= 15 is 0 Å². The number of esters is 1. The molecule has 4 atom stereocenters. The maximum absolute atomic E-state index is 11.9. The summed E-state index contributed by atoms with van der Waals surface area (Å²) in [6, 6.07) is 0. The van der Waals surface area contributed by atoms with Crippen molar-refractivity contribution in [2.75, 3.05) is 13.2 Å². The number of ether oxygens (including phenoxy) is 2. The van der Waals surface area contributed by atoms with E-state index in [1.807, 2.05) is 0 Å². The van der Waals surface area contributed by atoms with Crippen molar-refractivity contribution < 1.29 is 14.3 Å². The van der Waals surface area contributed by atoms with Crippen LogP contribution in [0.15, 0.2) is 0 Å². The fourth-order valence-corrected chi connectivity index (χ4v) is 4.81. The summed E-state index contributed by atoms with van der Waals surface area (Å²) < 4.78 is 11.4. The standard InChI is InChI=1S/C28H54O3/c1-5-6-7-8-9-10-11-12-13-14-15-16-17-18-19-20-27(29)30-22-21-24(2)28-26(4)25(3)23-31-28/h24-26,28H,5-23H2,1-4H3/t24?,25?,26-,28?/m0/s1. The zero-order valence-electron chi connectivity index (χ0n) is 21.5. The monoisotopic (exact) mass is 438 g/mol. The van der Waals surface area contributed by atoms with Gasteiger partial charge in [0.2, 0.25) is 0 Å². The van der Waals surface area contributed by atoms with Crippen molar-refractivity contribution >= 4 is 5.97 Å². The lowest BCUT2D eigenvalue weighted by molar-refractivity contribution is -0.144. The molecule has 0 aromatic heterocycles. The number of rotatable bonds is 20. The summed E-state index contributed by atoms with van der Waals surface area (Å²) in [5, 5.41) is 0. The van der Waals surface area contributed by atoms with E-state index in [2.05, 4.69) is 27.7 Å².